The summed E-state index contributed by atoms with van der Waals surface area (Å²) in [6.45, 7) is 0. The van der Waals surface area contributed by atoms with Gasteiger partial charge in [-0.2, -0.15) is 0 Å². The van der Waals surface area contributed by atoms with Crippen LogP contribution in [-0.4, -0.2) is 9.55 Å². The van der Waals surface area contributed by atoms with Crippen LogP contribution in [-0.2, 0) is 5.75 Å². The Morgan fingerprint density at radius 1 is 1.08 bits per heavy atom. The smallest absolute Gasteiger partial charge is 0.174 e. The number of nitrogens with zero attached hydrogens (tertiary/aromatic N) is 2. The average Bonchev–Trinajstić information content (AvgIpc) is 2.83. The molecule has 24 heavy (non-hydrogen) atoms. The molecule has 1 aromatic heterocycles. The molecule has 8 heteroatoms. The molecule has 0 spiro atoms. The summed E-state index contributed by atoms with van der Waals surface area (Å²) in [7, 11) is 0. The lowest BCUT2D eigenvalue weighted by Gasteiger charge is -2.10. The van der Waals surface area contributed by atoms with Gasteiger partial charge in [0.2, 0.25) is 0 Å². The fraction of sp³-hybridized carbons (Fsp3) is 0.0625. The Morgan fingerprint density at radius 3 is 2.46 bits per heavy atom. The van der Waals surface area contributed by atoms with E-state index in [4.69, 9.17) is 11.6 Å². The summed E-state index contributed by atoms with van der Waals surface area (Å²) in [6, 6.07) is 10.8. The molecule has 0 amide bonds. The molecule has 0 N–H and O–H groups in total. The Hall–Kier alpha value is -0.390. The highest BCUT2D eigenvalue weighted by molar-refractivity contribution is 14.1. The zero-order valence-corrected chi connectivity index (χ0v) is 17.8. The van der Waals surface area contributed by atoms with Crippen LogP contribution < -0.4 is 0 Å². The Kier molecular flexibility index (Phi) is 6.04. The van der Waals surface area contributed by atoms with Crippen molar-refractivity contribution in [3.8, 4) is 5.69 Å². The maximum Gasteiger partial charge on any atom is 0.174 e. The predicted octanol–water partition coefficient (Wildman–Crippen LogP) is 6.31. The third kappa shape index (κ3) is 3.88. The second-order valence-corrected chi connectivity index (χ2v) is 8.17. The number of rotatable bonds is 4. The molecule has 0 radical (unpaired) electrons. The van der Waals surface area contributed by atoms with Gasteiger partial charge in [0.25, 0.3) is 0 Å². The van der Waals surface area contributed by atoms with Crippen molar-refractivity contribution in [3.05, 3.63) is 72.1 Å². The monoisotopic (exact) mass is 588 g/mol. The second kappa shape index (κ2) is 7.88. The van der Waals surface area contributed by atoms with E-state index in [2.05, 4.69) is 50.2 Å². The number of halogens is 5. The number of hydrogen-bond acceptors (Lipinski definition) is 2. The average molecular weight is 589 g/mol. The minimum absolute atomic E-state index is 0.295. The molecule has 0 unspecified atom stereocenters. The Labute approximate surface area is 174 Å². The lowest BCUT2D eigenvalue weighted by atomic mass is 10.2. The summed E-state index contributed by atoms with van der Waals surface area (Å²) >= 11 is 11.8. The zero-order valence-electron chi connectivity index (χ0n) is 11.9. The molecule has 124 valence electrons. The van der Waals surface area contributed by atoms with Crippen molar-refractivity contribution in [2.75, 3.05) is 0 Å². The van der Waals surface area contributed by atoms with Crippen LogP contribution in [0.25, 0.3) is 5.69 Å². The van der Waals surface area contributed by atoms with Gasteiger partial charge in [0.05, 0.1) is 0 Å². The Balaban J connectivity index is 1.94. The van der Waals surface area contributed by atoms with E-state index in [0.29, 0.717) is 21.5 Å². The Morgan fingerprint density at radius 2 is 1.79 bits per heavy atom. The van der Waals surface area contributed by atoms with Gasteiger partial charge in [0, 0.05) is 22.0 Å². The highest BCUT2D eigenvalue weighted by Crippen LogP contribution is 2.32. The fourth-order valence-corrected chi connectivity index (χ4v) is 4.86. The maximum atomic E-state index is 13.9. The molecule has 0 aliphatic rings. The van der Waals surface area contributed by atoms with Crippen molar-refractivity contribution in [1.82, 2.24) is 9.55 Å². The molecule has 0 aliphatic heterocycles. The third-order valence-corrected chi connectivity index (χ3v) is 7.34. The summed E-state index contributed by atoms with van der Waals surface area (Å²) in [5, 5.41) is 1.10. The van der Waals surface area contributed by atoms with Gasteiger partial charge in [-0.25, -0.2) is 13.8 Å². The molecule has 0 saturated heterocycles. The van der Waals surface area contributed by atoms with Gasteiger partial charge < -0.3 is 0 Å². The molecule has 0 bridgehead atoms. The minimum Gasteiger partial charge on any atom is -0.282 e. The third-order valence-electron chi connectivity index (χ3n) is 3.24. The van der Waals surface area contributed by atoms with E-state index < -0.39 is 0 Å². The highest BCUT2D eigenvalue weighted by atomic mass is 127. The van der Waals surface area contributed by atoms with Gasteiger partial charge in [0.1, 0.15) is 19.0 Å². The quantitative estimate of drug-likeness (QED) is 0.263. The number of imidazole rings is 1. The number of aromatic nitrogens is 2. The van der Waals surface area contributed by atoms with Crippen molar-refractivity contribution in [2.24, 2.45) is 0 Å². The molecule has 0 aliphatic carbocycles. The van der Waals surface area contributed by atoms with Crippen molar-refractivity contribution in [1.29, 1.82) is 0 Å². The van der Waals surface area contributed by atoms with E-state index in [1.165, 1.54) is 30.0 Å². The van der Waals surface area contributed by atoms with E-state index in [9.17, 15) is 8.78 Å². The van der Waals surface area contributed by atoms with Crippen molar-refractivity contribution >= 4 is 68.5 Å². The van der Waals surface area contributed by atoms with Crippen LogP contribution in [0.3, 0.4) is 0 Å². The lowest BCUT2D eigenvalue weighted by Crippen LogP contribution is -2.00. The molecule has 2 nitrogen and oxygen atoms in total. The summed E-state index contributed by atoms with van der Waals surface area (Å²) in [5.41, 5.74) is 1.25. The summed E-state index contributed by atoms with van der Waals surface area (Å²) in [5.74, 6) is -0.272. The molecule has 3 rings (SSSR count). The first kappa shape index (κ1) is 18.4. The van der Waals surface area contributed by atoms with E-state index in [1.807, 2.05) is 4.57 Å². The first-order chi connectivity index (χ1) is 11.5. The summed E-state index contributed by atoms with van der Waals surface area (Å²) in [6.07, 6.45) is 0. The first-order valence-corrected chi connectivity index (χ1v) is 10.2. The van der Waals surface area contributed by atoms with Gasteiger partial charge in [0.15, 0.2) is 5.16 Å². The van der Waals surface area contributed by atoms with Crippen LogP contribution in [0.4, 0.5) is 8.78 Å². The van der Waals surface area contributed by atoms with E-state index in [-0.39, 0.29) is 11.6 Å². The molecular weight excluding hydrogens is 580 g/mol. The van der Waals surface area contributed by atoms with Crippen LogP contribution in [0.5, 0.6) is 0 Å². The first-order valence-electron chi connectivity index (χ1n) is 6.72. The van der Waals surface area contributed by atoms with E-state index >= 15 is 0 Å². The van der Waals surface area contributed by atoms with Crippen molar-refractivity contribution in [3.63, 3.8) is 0 Å². The molecule has 3 aromatic rings. The predicted molar refractivity (Wildman–Crippen MR) is 110 cm³/mol. The van der Waals surface area contributed by atoms with Crippen LogP contribution in [0.15, 0.2) is 47.6 Å². The standard InChI is InChI=1S/C16H9ClF2I2N2S/c17-12-2-1-3-13(19)11(12)8-24-16-22-14(20)15(21)23(16)10-6-4-9(18)5-7-10/h1-7H,8H2. The van der Waals surface area contributed by atoms with Crippen LogP contribution in [0.2, 0.25) is 5.02 Å². The highest BCUT2D eigenvalue weighted by Gasteiger charge is 2.17. The van der Waals surface area contributed by atoms with Crippen molar-refractivity contribution < 1.29 is 8.78 Å². The van der Waals surface area contributed by atoms with E-state index in [0.717, 1.165) is 13.1 Å². The van der Waals surface area contributed by atoms with Crippen LogP contribution in [0, 0.1) is 19.0 Å². The van der Waals surface area contributed by atoms with Crippen LogP contribution in [0.1, 0.15) is 5.56 Å². The maximum absolute atomic E-state index is 13.9. The zero-order chi connectivity index (χ0) is 17.3. The van der Waals surface area contributed by atoms with Gasteiger partial charge in [-0.3, -0.25) is 4.57 Å². The topological polar surface area (TPSA) is 17.8 Å². The molecular formula is C16H9ClF2I2N2S. The van der Waals surface area contributed by atoms with Gasteiger partial charge >= 0.3 is 0 Å². The Bertz CT molecular complexity index is 864. The number of thioether (sulfide) groups is 1. The molecule has 0 fully saturated rings. The fourth-order valence-electron chi connectivity index (χ4n) is 2.07. The molecule has 2 aromatic carbocycles. The molecule has 1 heterocycles. The summed E-state index contributed by atoms with van der Waals surface area (Å²) in [4.78, 5) is 4.53. The van der Waals surface area contributed by atoms with Crippen molar-refractivity contribution in [2.45, 2.75) is 10.9 Å². The van der Waals surface area contributed by atoms with E-state index in [1.54, 1.807) is 24.3 Å². The number of hydrogen-bond donors (Lipinski definition) is 0. The summed E-state index contributed by atoms with van der Waals surface area (Å²) < 4.78 is 30.8. The largest absolute Gasteiger partial charge is 0.282 e. The molecule has 0 saturated carbocycles. The minimum atomic E-state index is -0.334. The number of benzene rings is 2. The van der Waals surface area contributed by atoms with Gasteiger partial charge in [-0.1, -0.05) is 29.4 Å². The van der Waals surface area contributed by atoms with Crippen LogP contribution >= 0.6 is 68.5 Å². The lowest BCUT2D eigenvalue weighted by molar-refractivity contribution is 0.617. The normalized spacial score (nSPS) is 11.0. The molecule has 0 atom stereocenters. The van der Waals surface area contributed by atoms with Gasteiger partial charge in [-0.15, -0.1) is 0 Å². The van der Waals surface area contributed by atoms with Gasteiger partial charge in [-0.05, 0) is 81.6 Å². The SMILES string of the molecule is Fc1ccc(-n2c(SCc3c(F)cccc3Cl)nc(I)c2I)cc1. The second-order valence-electron chi connectivity index (χ2n) is 4.78.